The number of nitroso groups, excluding NO2 is 1. The highest BCUT2D eigenvalue weighted by Gasteiger charge is 2.10. The molecule has 0 heterocycles. The number of rotatable bonds is 9. The van der Waals surface area contributed by atoms with Crippen LogP contribution in [0.1, 0.15) is 42.1 Å². The van der Waals surface area contributed by atoms with Crippen molar-refractivity contribution >= 4 is 5.91 Å². The number of hydrogen-bond acceptors (Lipinski definition) is 4. The topological polar surface area (TPSA) is 65.0 Å². The Hall–Kier alpha value is -1.75. The van der Waals surface area contributed by atoms with Crippen LogP contribution >= 0.6 is 0 Å². The van der Waals surface area contributed by atoms with Crippen molar-refractivity contribution in [2.24, 2.45) is 5.18 Å². The maximum Gasteiger partial charge on any atom is 0.317 e. The summed E-state index contributed by atoms with van der Waals surface area (Å²) in [5, 5.41) is 2.43. The molecule has 0 fully saturated rings. The van der Waals surface area contributed by atoms with E-state index in [9.17, 15) is 9.70 Å². The Morgan fingerprint density at radius 1 is 1.20 bits per heavy atom. The molecule has 0 aliphatic heterocycles. The Morgan fingerprint density at radius 3 is 2.65 bits per heavy atom. The molecule has 0 saturated carbocycles. The van der Waals surface area contributed by atoms with Gasteiger partial charge in [0.05, 0.1) is 12.2 Å². The molecule has 0 aliphatic carbocycles. The molecule has 5 nitrogen and oxygen atoms in total. The number of ether oxygens (including phenoxy) is 2. The van der Waals surface area contributed by atoms with Gasteiger partial charge in [0.25, 0.3) is 0 Å². The Labute approximate surface area is 119 Å². The van der Waals surface area contributed by atoms with Gasteiger partial charge in [-0.05, 0) is 31.0 Å². The van der Waals surface area contributed by atoms with Crippen LogP contribution in [-0.4, -0.2) is 25.7 Å². The lowest BCUT2D eigenvalue weighted by Crippen LogP contribution is -2.05. The van der Waals surface area contributed by atoms with Gasteiger partial charge in [-0.1, -0.05) is 19.4 Å². The van der Waals surface area contributed by atoms with Crippen LogP contribution < -0.4 is 4.74 Å². The zero-order valence-corrected chi connectivity index (χ0v) is 12.1. The van der Waals surface area contributed by atoms with Crippen LogP contribution in [0.5, 0.6) is 5.75 Å². The summed E-state index contributed by atoms with van der Waals surface area (Å²) in [7, 11) is 0. The molecule has 0 bridgehead atoms. The number of benzene rings is 1. The molecule has 0 aromatic heterocycles. The van der Waals surface area contributed by atoms with Crippen molar-refractivity contribution in [3.8, 4) is 5.75 Å². The molecule has 110 valence electrons. The molecule has 0 spiro atoms. The van der Waals surface area contributed by atoms with E-state index >= 15 is 0 Å². The molecule has 1 aromatic rings. The third kappa shape index (κ3) is 5.48. The molecular formula is C15H21NO4. The third-order valence-corrected chi connectivity index (χ3v) is 2.87. The first kappa shape index (κ1) is 16.3. The summed E-state index contributed by atoms with van der Waals surface area (Å²) >= 11 is 0. The molecule has 0 N–H and O–H groups in total. The van der Waals surface area contributed by atoms with Gasteiger partial charge in [-0.2, -0.15) is 0 Å². The smallest absolute Gasteiger partial charge is 0.317 e. The Balaban J connectivity index is 2.37. The molecule has 1 amide bonds. The summed E-state index contributed by atoms with van der Waals surface area (Å²) < 4.78 is 10.9. The third-order valence-electron chi connectivity index (χ3n) is 2.87. The lowest BCUT2D eigenvalue weighted by Gasteiger charge is -2.08. The summed E-state index contributed by atoms with van der Waals surface area (Å²) in [5.41, 5.74) is 1.00. The monoisotopic (exact) mass is 279 g/mol. The molecule has 0 saturated heterocycles. The molecule has 0 unspecified atom stereocenters. The molecule has 20 heavy (non-hydrogen) atoms. The number of nitrogens with zero attached hydrogens (tertiary/aromatic N) is 1. The van der Waals surface area contributed by atoms with E-state index < -0.39 is 5.91 Å². The highest BCUT2D eigenvalue weighted by atomic mass is 16.5. The average Bonchev–Trinajstić information content (AvgIpc) is 2.47. The maximum atomic E-state index is 11.3. The van der Waals surface area contributed by atoms with Gasteiger partial charge in [0.2, 0.25) is 0 Å². The van der Waals surface area contributed by atoms with Crippen LogP contribution in [0.15, 0.2) is 23.4 Å². The fourth-order valence-corrected chi connectivity index (χ4v) is 1.67. The number of hydrogen-bond donors (Lipinski definition) is 0. The van der Waals surface area contributed by atoms with Gasteiger partial charge in [0.1, 0.15) is 5.75 Å². The van der Waals surface area contributed by atoms with E-state index in [4.69, 9.17) is 9.47 Å². The largest absolute Gasteiger partial charge is 0.493 e. The van der Waals surface area contributed by atoms with Crippen molar-refractivity contribution < 1.29 is 14.3 Å². The first-order valence-electron chi connectivity index (χ1n) is 6.88. The summed E-state index contributed by atoms with van der Waals surface area (Å²) in [5.74, 6) is -0.202. The second-order valence-corrected chi connectivity index (χ2v) is 4.54. The number of carbonyl (C=O) groups excluding carboxylic acids is 1. The van der Waals surface area contributed by atoms with Crippen molar-refractivity contribution in [3.05, 3.63) is 34.2 Å². The molecule has 1 rings (SSSR count). The fourth-order valence-electron chi connectivity index (χ4n) is 1.67. The van der Waals surface area contributed by atoms with Crippen LogP contribution in [0.3, 0.4) is 0 Å². The van der Waals surface area contributed by atoms with Crippen LogP contribution in [0.25, 0.3) is 0 Å². The van der Waals surface area contributed by atoms with Crippen LogP contribution in [0, 0.1) is 11.8 Å². The molecule has 5 heteroatoms. The SMILES string of the molecule is CCCCOCCCOc1ccc(C)c(C(=O)N=O)c1. The number of carbonyl (C=O) groups is 1. The molecule has 1 aromatic carbocycles. The standard InChI is InChI=1S/C15H21NO4/c1-3-4-8-19-9-5-10-20-13-7-6-12(2)14(11-13)15(17)16-18/h6-7,11H,3-5,8-10H2,1-2H3. The van der Waals surface area contributed by atoms with Crippen molar-refractivity contribution in [3.63, 3.8) is 0 Å². The van der Waals surface area contributed by atoms with Gasteiger partial charge in [0, 0.05) is 24.8 Å². The Kier molecular flexibility index (Phi) is 7.50. The van der Waals surface area contributed by atoms with E-state index in [1.807, 2.05) is 0 Å². The zero-order chi connectivity index (χ0) is 14.8. The summed E-state index contributed by atoms with van der Waals surface area (Å²) in [6, 6.07) is 5.07. The second-order valence-electron chi connectivity index (χ2n) is 4.54. The van der Waals surface area contributed by atoms with E-state index in [0.717, 1.165) is 25.9 Å². The lowest BCUT2D eigenvalue weighted by atomic mass is 10.1. The number of aryl methyl sites for hydroxylation is 1. The van der Waals surface area contributed by atoms with E-state index in [2.05, 4.69) is 12.1 Å². The summed E-state index contributed by atoms with van der Waals surface area (Å²) in [6.07, 6.45) is 2.98. The van der Waals surface area contributed by atoms with Crippen molar-refractivity contribution in [2.45, 2.75) is 33.1 Å². The van der Waals surface area contributed by atoms with E-state index in [1.165, 1.54) is 0 Å². The van der Waals surface area contributed by atoms with E-state index in [1.54, 1.807) is 25.1 Å². The minimum Gasteiger partial charge on any atom is -0.493 e. The fraction of sp³-hybridized carbons (Fsp3) is 0.533. The molecule has 0 aliphatic rings. The van der Waals surface area contributed by atoms with Gasteiger partial charge in [-0.15, -0.1) is 4.91 Å². The zero-order valence-electron chi connectivity index (χ0n) is 12.1. The number of amides is 1. The second kappa shape index (κ2) is 9.20. The van der Waals surface area contributed by atoms with E-state index in [0.29, 0.717) is 24.5 Å². The van der Waals surface area contributed by atoms with Gasteiger partial charge >= 0.3 is 5.91 Å². The van der Waals surface area contributed by atoms with E-state index in [-0.39, 0.29) is 5.56 Å². The first-order valence-corrected chi connectivity index (χ1v) is 6.88. The molecule has 0 radical (unpaired) electrons. The Morgan fingerprint density at radius 2 is 1.95 bits per heavy atom. The van der Waals surface area contributed by atoms with Gasteiger partial charge in [-0.3, -0.25) is 4.79 Å². The van der Waals surface area contributed by atoms with Crippen LogP contribution in [-0.2, 0) is 4.74 Å². The normalized spacial score (nSPS) is 10.3. The molecule has 0 atom stereocenters. The highest BCUT2D eigenvalue weighted by molar-refractivity contribution is 5.96. The van der Waals surface area contributed by atoms with Crippen molar-refractivity contribution in [1.82, 2.24) is 0 Å². The van der Waals surface area contributed by atoms with Crippen molar-refractivity contribution in [1.29, 1.82) is 0 Å². The summed E-state index contributed by atoms with van der Waals surface area (Å²) in [6.45, 7) is 5.83. The Bertz CT molecular complexity index is 445. The molecular weight excluding hydrogens is 258 g/mol. The first-order chi connectivity index (χ1) is 9.69. The van der Waals surface area contributed by atoms with Gasteiger partial charge < -0.3 is 9.47 Å². The van der Waals surface area contributed by atoms with Gasteiger partial charge in [0.15, 0.2) is 0 Å². The van der Waals surface area contributed by atoms with Crippen LogP contribution in [0.4, 0.5) is 0 Å². The lowest BCUT2D eigenvalue weighted by molar-refractivity contribution is 0.0999. The quantitative estimate of drug-likeness (QED) is 0.512. The van der Waals surface area contributed by atoms with Crippen LogP contribution in [0.2, 0.25) is 0 Å². The maximum absolute atomic E-state index is 11.3. The average molecular weight is 279 g/mol. The predicted molar refractivity (Wildman–Crippen MR) is 77.1 cm³/mol. The highest BCUT2D eigenvalue weighted by Crippen LogP contribution is 2.18. The minimum atomic E-state index is -0.768. The van der Waals surface area contributed by atoms with Gasteiger partial charge in [-0.25, -0.2) is 0 Å². The van der Waals surface area contributed by atoms with Crippen molar-refractivity contribution in [2.75, 3.05) is 19.8 Å². The minimum absolute atomic E-state index is 0.289. The summed E-state index contributed by atoms with van der Waals surface area (Å²) in [4.78, 5) is 21.6. The predicted octanol–water partition coefficient (Wildman–Crippen LogP) is 3.49. The number of unbranched alkanes of at least 4 members (excludes halogenated alkanes) is 1.